The van der Waals surface area contributed by atoms with Gasteiger partial charge in [-0.2, -0.15) is 0 Å². The third-order valence-electron chi connectivity index (χ3n) is 7.01. The van der Waals surface area contributed by atoms with Crippen molar-refractivity contribution in [2.24, 2.45) is 0 Å². The lowest BCUT2D eigenvalue weighted by atomic mass is 10.1. The van der Waals surface area contributed by atoms with Crippen molar-refractivity contribution in [3.05, 3.63) is 48.5 Å². The van der Waals surface area contributed by atoms with Crippen molar-refractivity contribution in [2.75, 3.05) is 35.2 Å². The van der Waals surface area contributed by atoms with E-state index in [2.05, 4.69) is 36.1 Å². The topological polar surface area (TPSA) is 67.7 Å². The van der Waals surface area contributed by atoms with Crippen LogP contribution < -0.4 is 9.80 Å². The molecule has 4 rings (SSSR count). The Balaban J connectivity index is 1.42. The van der Waals surface area contributed by atoms with Crippen LogP contribution in [0.2, 0.25) is 0 Å². The molecule has 8 heteroatoms. The van der Waals surface area contributed by atoms with Gasteiger partial charge in [-0.3, -0.25) is 9.59 Å². The van der Waals surface area contributed by atoms with E-state index in [0.29, 0.717) is 13.0 Å². The molecule has 0 N–H and O–H groups in total. The molecule has 216 valence electrons. The van der Waals surface area contributed by atoms with Gasteiger partial charge < -0.3 is 19.1 Å². The van der Waals surface area contributed by atoms with E-state index in [0.717, 1.165) is 60.0 Å². The second-order valence-corrected chi connectivity index (χ2v) is 12.5. The van der Waals surface area contributed by atoms with Gasteiger partial charge in [-0.1, -0.05) is 37.2 Å². The van der Waals surface area contributed by atoms with Gasteiger partial charge >= 0.3 is 5.97 Å². The molecule has 1 saturated heterocycles. The Bertz CT molecular complexity index is 1260. The van der Waals surface area contributed by atoms with Gasteiger partial charge in [0.25, 0.3) is 0 Å². The molecule has 3 aromatic rings. The molecule has 0 radical (unpaired) electrons. The number of para-hydroxylation sites is 2. The molecule has 1 fully saturated rings. The number of ether oxygens (including phenoxy) is 1. The second-order valence-electron chi connectivity index (χ2n) is 11.5. The Morgan fingerprint density at radius 2 is 1.73 bits per heavy atom. The first-order chi connectivity index (χ1) is 19.2. The number of hydrogen-bond acceptors (Lipinski definition) is 6. The van der Waals surface area contributed by atoms with Gasteiger partial charge in [0, 0.05) is 43.2 Å². The van der Waals surface area contributed by atoms with E-state index in [-0.39, 0.29) is 18.4 Å². The van der Waals surface area contributed by atoms with Crippen molar-refractivity contribution in [1.82, 2.24) is 9.55 Å². The normalized spacial score (nSPS) is 13.9. The fourth-order valence-electron chi connectivity index (χ4n) is 5.06. The van der Waals surface area contributed by atoms with Crippen molar-refractivity contribution in [1.29, 1.82) is 0 Å². The molecule has 40 heavy (non-hydrogen) atoms. The summed E-state index contributed by atoms with van der Waals surface area (Å²) in [7, 11) is 0. The van der Waals surface area contributed by atoms with Gasteiger partial charge in [-0.05, 0) is 89.3 Å². The zero-order valence-electron chi connectivity index (χ0n) is 24.5. The molecule has 1 aliphatic heterocycles. The Labute approximate surface area is 243 Å². The van der Waals surface area contributed by atoms with Gasteiger partial charge in [0.15, 0.2) is 5.16 Å². The molecule has 0 bridgehead atoms. The summed E-state index contributed by atoms with van der Waals surface area (Å²) in [6.07, 6.45) is 7.06. The fourth-order valence-corrected chi connectivity index (χ4v) is 6.00. The van der Waals surface area contributed by atoms with Crippen molar-refractivity contribution in [3.8, 4) is 0 Å². The second kappa shape index (κ2) is 14.1. The number of piperidine rings is 1. The van der Waals surface area contributed by atoms with Gasteiger partial charge in [0.1, 0.15) is 12.1 Å². The molecule has 1 amide bonds. The van der Waals surface area contributed by atoms with Crippen LogP contribution in [0.4, 0.5) is 11.4 Å². The molecule has 0 saturated carbocycles. The van der Waals surface area contributed by atoms with E-state index in [4.69, 9.17) is 9.72 Å². The molecule has 1 aliphatic rings. The standard InChI is InChI=1S/C32H44N4O3S/c1-5-6-15-29(37)35(26-18-16-25(17-19-26)34-20-10-7-11-21-34)22-12-23-40-31-33-27-13-8-9-14-28(27)36(31)24-30(38)39-32(2,3)4/h8-9,13-14,16-19H,5-7,10-12,15,20-24H2,1-4H3. The largest absolute Gasteiger partial charge is 0.459 e. The van der Waals surface area contributed by atoms with Crippen LogP contribution in [0.25, 0.3) is 11.0 Å². The number of rotatable bonds is 12. The molecule has 2 heterocycles. The maximum absolute atomic E-state index is 13.2. The number of anilines is 2. The Morgan fingerprint density at radius 3 is 2.42 bits per heavy atom. The number of amides is 1. The van der Waals surface area contributed by atoms with Crippen LogP contribution in [-0.2, 0) is 20.9 Å². The third-order valence-corrected chi connectivity index (χ3v) is 8.07. The highest BCUT2D eigenvalue weighted by Crippen LogP contribution is 2.27. The SMILES string of the molecule is CCCCC(=O)N(CCCSc1nc2ccccc2n1CC(=O)OC(C)(C)C)c1ccc(N2CCCCC2)cc1. The first-order valence-electron chi connectivity index (χ1n) is 14.7. The predicted molar refractivity (Wildman–Crippen MR) is 165 cm³/mol. The van der Waals surface area contributed by atoms with E-state index >= 15 is 0 Å². The number of imidazole rings is 1. The number of carbonyl (C=O) groups is 2. The lowest BCUT2D eigenvalue weighted by Crippen LogP contribution is -2.32. The maximum Gasteiger partial charge on any atom is 0.326 e. The lowest BCUT2D eigenvalue weighted by molar-refractivity contribution is -0.155. The number of aromatic nitrogens is 2. The van der Waals surface area contributed by atoms with E-state index in [9.17, 15) is 9.59 Å². The van der Waals surface area contributed by atoms with Gasteiger partial charge in [-0.25, -0.2) is 4.98 Å². The minimum absolute atomic E-state index is 0.116. The number of esters is 1. The first-order valence-corrected chi connectivity index (χ1v) is 15.7. The minimum Gasteiger partial charge on any atom is -0.459 e. The summed E-state index contributed by atoms with van der Waals surface area (Å²) in [4.78, 5) is 35.0. The van der Waals surface area contributed by atoms with Crippen molar-refractivity contribution < 1.29 is 14.3 Å². The van der Waals surface area contributed by atoms with E-state index in [1.54, 1.807) is 11.8 Å². The molecule has 0 spiro atoms. The number of hydrogen-bond donors (Lipinski definition) is 0. The third kappa shape index (κ3) is 8.26. The summed E-state index contributed by atoms with van der Waals surface area (Å²) in [5.41, 5.74) is 3.44. The van der Waals surface area contributed by atoms with Gasteiger partial charge in [-0.15, -0.1) is 0 Å². The molecular formula is C32H44N4O3S. The number of carbonyl (C=O) groups excluding carboxylic acids is 2. The average Bonchev–Trinajstić information content (AvgIpc) is 3.28. The van der Waals surface area contributed by atoms with Crippen molar-refractivity contribution in [2.45, 2.75) is 89.9 Å². The summed E-state index contributed by atoms with van der Waals surface area (Å²) in [6.45, 7) is 10.7. The number of unbranched alkanes of at least 4 members (excludes halogenated alkanes) is 1. The first kappa shape index (κ1) is 30.0. The van der Waals surface area contributed by atoms with E-state index in [1.165, 1.54) is 24.9 Å². The number of thioether (sulfide) groups is 1. The molecule has 0 aliphatic carbocycles. The van der Waals surface area contributed by atoms with E-state index in [1.807, 2.05) is 54.5 Å². The molecular weight excluding hydrogens is 520 g/mol. The Kier molecular flexibility index (Phi) is 10.5. The maximum atomic E-state index is 13.2. The van der Waals surface area contributed by atoms with Gasteiger partial charge in [0.05, 0.1) is 11.0 Å². The summed E-state index contributed by atoms with van der Waals surface area (Å²) < 4.78 is 7.52. The minimum atomic E-state index is -0.541. The summed E-state index contributed by atoms with van der Waals surface area (Å²) in [5, 5.41) is 0.793. The molecule has 1 aromatic heterocycles. The van der Waals surface area contributed by atoms with Gasteiger partial charge in [0.2, 0.25) is 5.91 Å². The molecule has 2 aromatic carbocycles. The summed E-state index contributed by atoms with van der Waals surface area (Å²) >= 11 is 1.62. The summed E-state index contributed by atoms with van der Waals surface area (Å²) in [6, 6.07) is 16.4. The molecule has 0 atom stereocenters. The smallest absolute Gasteiger partial charge is 0.326 e. The highest BCUT2D eigenvalue weighted by atomic mass is 32.2. The Morgan fingerprint density at radius 1 is 1.00 bits per heavy atom. The lowest BCUT2D eigenvalue weighted by Gasteiger charge is -2.29. The van der Waals surface area contributed by atoms with Crippen molar-refractivity contribution >= 4 is 46.0 Å². The highest BCUT2D eigenvalue weighted by molar-refractivity contribution is 7.99. The number of benzene rings is 2. The highest BCUT2D eigenvalue weighted by Gasteiger charge is 2.21. The predicted octanol–water partition coefficient (Wildman–Crippen LogP) is 7.07. The van der Waals surface area contributed by atoms with Crippen LogP contribution >= 0.6 is 11.8 Å². The number of nitrogens with zero attached hydrogens (tertiary/aromatic N) is 4. The van der Waals surface area contributed by atoms with E-state index < -0.39 is 5.60 Å². The number of fused-ring (bicyclic) bond motifs is 1. The average molecular weight is 565 g/mol. The molecule has 0 unspecified atom stereocenters. The van der Waals surface area contributed by atoms with Crippen LogP contribution in [0.5, 0.6) is 0 Å². The Hall–Kier alpha value is -3.00. The van der Waals surface area contributed by atoms with Crippen LogP contribution in [0.1, 0.15) is 72.6 Å². The van der Waals surface area contributed by atoms with Crippen LogP contribution in [0, 0.1) is 0 Å². The zero-order chi connectivity index (χ0) is 28.5. The van der Waals surface area contributed by atoms with Crippen LogP contribution in [-0.4, -0.2) is 52.4 Å². The van der Waals surface area contributed by atoms with Crippen LogP contribution in [0.15, 0.2) is 53.7 Å². The zero-order valence-corrected chi connectivity index (χ0v) is 25.3. The monoisotopic (exact) mass is 564 g/mol. The quantitative estimate of drug-likeness (QED) is 0.133. The van der Waals surface area contributed by atoms with Crippen molar-refractivity contribution in [3.63, 3.8) is 0 Å². The fraction of sp³-hybridized carbons (Fsp3) is 0.531. The summed E-state index contributed by atoms with van der Waals surface area (Å²) in [5.74, 6) is 0.675. The molecule has 7 nitrogen and oxygen atoms in total. The van der Waals surface area contributed by atoms with Crippen LogP contribution in [0.3, 0.4) is 0 Å².